The molecule has 0 amide bonds. The zero-order valence-electron chi connectivity index (χ0n) is 9.30. The molecule has 0 atom stereocenters. The van der Waals surface area contributed by atoms with Gasteiger partial charge in [-0.05, 0) is 44.6 Å². The number of rotatable bonds is 0. The minimum Gasteiger partial charge on any atom is -0.0885 e. The molecule has 0 saturated heterocycles. The Balaban J connectivity index is 2.17. The quantitative estimate of drug-likeness (QED) is 0.482. The Labute approximate surface area is 89.1 Å². The molecule has 0 heteroatoms. The summed E-state index contributed by atoms with van der Waals surface area (Å²) in [6, 6.07) is 0. The van der Waals surface area contributed by atoms with Crippen molar-refractivity contribution in [3.05, 3.63) is 24.3 Å². The Hall–Kier alpha value is -0.520. The van der Waals surface area contributed by atoms with E-state index in [0.717, 1.165) is 6.42 Å². The van der Waals surface area contributed by atoms with E-state index in [0.29, 0.717) is 0 Å². The van der Waals surface area contributed by atoms with Crippen LogP contribution in [0.15, 0.2) is 18.2 Å². The summed E-state index contributed by atoms with van der Waals surface area (Å²) >= 11 is 0. The van der Waals surface area contributed by atoms with Crippen molar-refractivity contribution in [3.8, 4) is 0 Å². The van der Waals surface area contributed by atoms with Crippen LogP contribution in [-0.4, -0.2) is 0 Å². The summed E-state index contributed by atoms with van der Waals surface area (Å²) in [5.74, 6) is 0. The van der Waals surface area contributed by atoms with Crippen molar-refractivity contribution in [3.63, 3.8) is 0 Å². The second-order valence-corrected chi connectivity index (χ2v) is 4.12. The highest BCUT2D eigenvalue weighted by Crippen LogP contribution is 2.10. The molecular formula is C14H23. The van der Waals surface area contributed by atoms with Crippen LogP contribution in [0, 0.1) is 6.08 Å². The molecule has 0 aromatic carbocycles. The lowest BCUT2D eigenvalue weighted by Crippen LogP contribution is -1.80. The zero-order valence-corrected chi connectivity index (χ0v) is 9.30. The first-order valence-electron chi connectivity index (χ1n) is 6.20. The van der Waals surface area contributed by atoms with Crippen LogP contribution in [0.4, 0.5) is 0 Å². The monoisotopic (exact) mass is 191 g/mol. The van der Waals surface area contributed by atoms with Crippen LogP contribution >= 0.6 is 0 Å². The third-order valence-corrected chi connectivity index (χ3v) is 2.74. The molecule has 14 heavy (non-hydrogen) atoms. The molecule has 0 N–H and O–H groups in total. The van der Waals surface area contributed by atoms with Crippen LogP contribution in [0.2, 0.25) is 0 Å². The Morgan fingerprint density at radius 2 is 1.29 bits per heavy atom. The number of hydrogen-bond acceptors (Lipinski definition) is 0. The fourth-order valence-corrected chi connectivity index (χ4v) is 1.82. The van der Waals surface area contributed by atoms with Crippen molar-refractivity contribution >= 4 is 0 Å². The van der Waals surface area contributed by atoms with E-state index in [1.807, 2.05) is 0 Å². The van der Waals surface area contributed by atoms with Gasteiger partial charge in [0, 0.05) is 0 Å². The van der Waals surface area contributed by atoms with Gasteiger partial charge >= 0.3 is 0 Å². The maximum absolute atomic E-state index is 3.36. The standard InChI is InChI=1S/C14H23/c1-2-4-6-8-10-12-14-13-11-9-7-5-3-1/h1-2,10H,3-7,9,11-14H2/b2-1+,10-8?. The van der Waals surface area contributed by atoms with Crippen molar-refractivity contribution in [2.75, 3.05) is 0 Å². The van der Waals surface area contributed by atoms with Crippen LogP contribution in [-0.2, 0) is 0 Å². The smallest absolute Gasteiger partial charge is 0.0245 e. The Kier molecular flexibility index (Phi) is 7.47. The first-order valence-corrected chi connectivity index (χ1v) is 6.20. The lowest BCUT2D eigenvalue weighted by molar-refractivity contribution is 0.599. The van der Waals surface area contributed by atoms with Gasteiger partial charge in [0.15, 0.2) is 0 Å². The third kappa shape index (κ3) is 6.94. The molecule has 1 aliphatic carbocycles. The van der Waals surface area contributed by atoms with Crippen LogP contribution in [0.3, 0.4) is 0 Å². The summed E-state index contributed by atoms with van der Waals surface area (Å²) in [4.78, 5) is 0. The van der Waals surface area contributed by atoms with E-state index in [4.69, 9.17) is 0 Å². The van der Waals surface area contributed by atoms with Gasteiger partial charge in [-0.25, -0.2) is 0 Å². The van der Waals surface area contributed by atoms with Crippen molar-refractivity contribution in [2.24, 2.45) is 0 Å². The van der Waals surface area contributed by atoms with Gasteiger partial charge in [0.25, 0.3) is 0 Å². The van der Waals surface area contributed by atoms with E-state index in [2.05, 4.69) is 24.3 Å². The predicted octanol–water partition coefficient (Wildman–Crippen LogP) is 4.82. The van der Waals surface area contributed by atoms with Gasteiger partial charge in [-0.15, -0.1) is 0 Å². The molecular weight excluding hydrogens is 168 g/mol. The average Bonchev–Trinajstić information content (AvgIpc) is 2.22. The molecule has 0 aliphatic heterocycles. The van der Waals surface area contributed by atoms with Gasteiger partial charge in [0.05, 0.1) is 0 Å². The molecule has 0 fully saturated rings. The average molecular weight is 191 g/mol. The van der Waals surface area contributed by atoms with Crippen molar-refractivity contribution in [2.45, 2.75) is 64.2 Å². The molecule has 1 radical (unpaired) electrons. The molecule has 0 bridgehead atoms. The summed E-state index contributed by atoms with van der Waals surface area (Å²) in [5, 5.41) is 0. The maximum Gasteiger partial charge on any atom is -0.0245 e. The number of hydrogen-bond donors (Lipinski definition) is 0. The normalized spacial score (nSPS) is 26.3. The topological polar surface area (TPSA) is 0 Å². The molecule has 0 nitrogen and oxygen atoms in total. The fourth-order valence-electron chi connectivity index (χ4n) is 1.82. The summed E-state index contributed by atoms with van der Waals surface area (Å²) in [7, 11) is 0. The molecule has 0 aromatic heterocycles. The highest BCUT2D eigenvalue weighted by Gasteiger charge is 1.90. The Bertz CT molecular complexity index is 145. The van der Waals surface area contributed by atoms with Crippen LogP contribution < -0.4 is 0 Å². The van der Waals surface area contributed by atoms with Crippen LogP contribution in [0.1, 0.15) is 64.2 Å². The highest BCUT2D eigenvalue weighted by atomic mass is 14.0. The minimum atomic E-state index is 1.11. The molecule has 0 spiro atoms. The largest absolute Gasteiger partial charge is 0.0885 e. The van der Waals surface area contributed by atoms with E-state index in [1.54, 1.807) is 0 Å². The minimum absolute atomic E-state index is 1.11. The summed E-state index contributed by atoms with van der Waals surface area (Å²) in [6.07, 6.45) is 23.5. The van der Waals surface area contributed by atoms with E-state index in [-0.39, 0.29) is 0 Å². The third-order valence-electron chi connectivity index (χ3n) is 2.74. The van der Waals surface area contributed by atoms with Gasteiger partial charge in [0.2, 0.25) is 0 Å². The van der Waals surface area contributed by atoms with E-state index >= 15 is 0 Å². The molecule has 0 unspecified atom stereocenters. The van der Waals surface area contributed by atoms with Crippen molar-refractivity contribution < 1.29 is 0 Å². The van der Waals surface area contributed by atoms with E-state index < -0.39 is 0 Å². The van der Waals surface area contributed by atoms with Gasteiger partial charge in [-0.1, -0.05) is 43.9 Å². The van der Waals surface area contributed by atoms with Gasteiger partial charge in [0.1, 0.15) is 0 Å². The lowest BCUT2D eigenvalue weighted by Gasteiger charge is -2.00. The summed E-state index contributed by atoms with van der Waals surface area (Å²) < 4.78 is 0. The van der Waals surface area contributed by atoms with Gasteiger partial charge < -0.3 is 0 Å². The summed E-state index contributed by atoms with van der Waals surface area (Å²) in [6.45, 7) is 0. The van der Waals surface area contributed by atoms with Crippen LogP contribution in [0.25, 0.3) is 0 Å². The van der Waals surface area contributed by atoms with Crippen molar-refractivity contribution in [1.29, 1.82) is 0 Å². The summed E-state index contributed by atoms with van der Waals surface area (Å²) in [5.41, 5.74) is 0. The molecule has 79 valence electrons. The van der Waals surface area contributed by atoms with Gasteiger partial charge in [-0.2, -0.15) is 0 Å². The van der Waals surface area contributed by atoms with Crippen LogP contribution in [0.5, 0.6) is 0 Å². The molecule has 1 rings (SSSR count). The zero-order chi connectivity index (χ0) is 9.90. The SMILES string of the molecule is [C]1=C/CCCCCCCC/C=C/CC/1. The number of allylic oxidation sites excluding steroid dienone is 4. The van der Waals surface area contributed by atoms with E-state index in [1.165, 1.54) is 57.8 Å². The predicted molar refractivity (Wildman–Crippen MR) is 63.1 cm³/mol. The Morgan fingerprint density at radius 1 is 0.643 bits per heavy atom. The molecule has 0 heterocycles. The molecule has 0 saturated carbocycles. The van der Waals surface area contributed by atoms with Crippen molar-refractivity contribution in [1.82, 2.24) is 0 Å². The first kappa shape index (κ1) is 11.6. The first-order chi connectivity index (χ1) is 7.00. The fraction of sp³-hybridized carbons (Fsp3) is 0.714. The molecule has 0 aromatic rings. The van der Waals surface area contributed by atoms with E-state index in [9.17, 15) is 0 Å². The Morgan fingerprint density at radius 3 is 2.14 bits per heavy atom. The second-order valence-electron chi connectivity index (χ2n) is 4.12. The molecule has 1 aliphatic rings. The highest BCUT2D eigenvalue weighted by molar-refractivity contribution is 4.84. The lowest BCUT2D eigenvalue weighted by atomic mass is 10.1. The van der Waals surface area contributed by atoms with Gasteiger partial charge in [-0.3, -0.25) is 0 Å². The maximum atomic E-state index is 3.36. The second kappa shape index (κ2) is 9.05.